The predicted molar refractivity (Wildman–Crippen MR) is 112 cm³/mol. The highest BCUT2D eigenvalue weighted by Gasteiger charge is 2.52. The van der Waals surface area contributed by atoms with E-state index in [2.05, 4.69) is 5.32 Å². The number of urea groups is 1. The molecule has 3 amide bonds. The number of halogens is 1. The zero-order valence-electron chi connectivity index (χ0n) is 17.9. The molecule has 0 spiro atoms. The standard InChI is InChI=1S/C23H28FN3O3/c1-5-7-12-23(17-8-10-18(24)11-9-17)21(29)27(22(30)25-23)14-20(28)19-13-15(3)26(6-2)16(19)4/h8-11,13H,5-7,12,14H2,1-4H3,(H,25,30)/t23-/m1/s1. The number of carbonyl (C=O) groups is 3. The molecule has 1 aromatic carbocycles. The number of aromatic nitrogens is 1. The lowest BCUT2D eigenvalue weighted by molar-refractivity contribution is -0.131. The maximum absolute atomic E-state index is 13.4. The SMILES string of the molecule is CCCC[C@]1(c2ccc(F)cc2)NC(=O)N(CC(=O)c2cc(C)n(CC)c2C)C1=O. The second kappa shape index (κ2) is 8.42. The first-order valence-corrected chi connectivity index (χ1v) is 10.3. The van der Waals surface area contributed by atoms with Gasteiger partial charge in [-0.2, -0.15) is 0 Å². The van der Waals surface area contributed by atoms with Crippen LogP contribution < -0.4 is 5.32 Å². The fraction of sp³-hybridized carbons (Fsp3) is 0.435. The molecule has 6 nitrogen and oxygen atoms in total. The number of Topliss-reactive ketones (excluding diaryl/α,β-unsaturated/α-hetero) is 1. The van der Waals surface area contributed by atoms with Crippen molar-refractivity contribution in [1.82, 2.24) is 14.8 Å². The molecule has 1 saturated heterocycles. The van der Waals surface area contributed by atoms with E-state index in [9.17, 15) is 18.8 Å². The zero-order valence-corrected chi connectivity index (χ0v) is 17.9. The molecule has 3 rings (SSSR count). The number of hydrogen-bond donors (Lipinski definition) is 1. The Hall–Kier alpha value is -2.96. The molecule has 1 atom stereocenters. The van der Waals surface area contributed by atoms with Crippen LogP contribution in [0.2, 0.25) is 0 Å². The molecule has 7 heteroatoms. The van der Waals surface area contributed by atoms with E-state index in [4.69, 9.17) is 0 Å². The van der Waals surface area contributed by atoms with Crippen LogP contribution in [0.25, 0.3) is 0 Å². The highest BCUT2D eigenvalue weighted by atomic mass is 19.1. The Bertz CT molecular complexity index is 980. The molecule has 160 valence electrons. The third-order valence-electron chi connectivity index (χ3n) is 5.91. The normalized spacial score (nSPS) is 18.8. The molecule has 30 heavy (non-hydrogen) atoms. The van der Waals surface area contributed by atoms with Crippen molar-refractivity contribution in [2.45, 2.75) is 59.0 Å². The summed E-state index contributed by atoms with van der Waals surface area (Å²) in [7, 11) is 0. The maximum atomic E-state index is 13.4. The number of nitrogens with zero attached hydrogens (tertiary/aromatic N) is 2. The fourth-order valence-electron chi connectivity index (χ4n) is 4.25. The number of imide groups is 1. The average molecular weight is 413 g/mol. The number of carbonyl (C=O) groups excluding carboxylic acids is 3. The van der Waals surface area contributed by atoms with Gasteiger partial charge in [-0.25, -0.2) is 9.18 Å². The molecule has 0 unspecified atom stereocenters. The summed E-state index contributed by atoms with van der Waals surface area (Å²) in [5, 5.41) is 2.79. The van der Waals surface area contributed by atoms with Crippen molar-refractivity contribution < 1.29 is 18.8 Å². The number of rotatable bonds is 8. The minimum absolute atomic E-state index is 0.281. The Kier molecular flexibility index (Phi) is 6.10. The van der Waals surface area contributed by atoms with Crippen LogP contribution in [0.3, 0.4) is 0 Å². The molecule has 2 heterocycles. The number of ketones is 1. The number of hydrogen-bond acceptors (Lipinski definition) is 3. The van der Waals surface area contributed by atoms with Gasteiger partial charge in [0.05, 0.1) is 6.54 Å². The summed E-state index contributed by atoms with van der Waals surface area (Å²) in [6, 6.07) is 6.78. The monoisotopic (exact) mass is 413 g/mol. The van der Waals surface area contributed by atoms with Crippen LogP contribution in [-0.2, 0) is 16.9 Å². The van der Waals surface area contributed by atoms with Crippen molar-refractivity contribution >= 4 is 17.7 Å². The summed E-state index contributed by atoms with van der Waals surface area (Å²) in [6.45, 7) is 8.18. The van der Waals surface area contributed by atoms with Crippen LogP contribution in [-0.4, -0.2) is 33.7 Å². The van der Waals surface area contributed by atoms with Gasteiger partial charge in [0.2, 0.25) is 0 Å². The topological polar surface area (TPSA) is 71.4 Å². The Morgan fingerprint density at radius 1 is 1.13 bits per heavy atom. The molecule has 0 radical (unpaired) electrons. The summed E-state index contributed by atoms with van der Waals surface area (Å²) in [5.74, 6) is -1.17. The fourth-order valence-corrected chi connectivity index (χ4v) is 4.25. The molecule has 0 saturated carbocycles. The molecular formula is C23H28FN3O3. The second-order valence-electron chi connectivity index (χ2n) is 7.79. The van der Waals surface area contributed by atoms with E-state index in [0.29, 0.717) is 24.0 Å². The quantitative estimate of drug-likeness (QED) is 0.524. The van der Waals surface area contributed by atoms with Gasteiger partial charge in [0.15, 0.2) is 5.78 Å². The van der Waals surface area contributed by atoms with Crippen molar-refractivity contribution in [3.05, 3.63) is 58.7 Å². The Labute approximate surface area is 176 Å². The second-order valence-corrected chi connectivity index (χ2v) is 7.79. The van der Waals surface area contributed by atoms with Gasteiger partial charge in [-0.3, -0.25) is 14.5 Å². The Morgan fingerprint density at radius 2 is 1.80 bits per heavy atom. The van der Waals surface area contributed by atoms with Crippen LogP contribution in [0.4, 0.5) is 9.18 Å². The maximum Gasteiger partial charge on any atom is 0.325 e. The van der Waals surface area contributed by atoms with E-state index in [1.54, 1.807) is 6.07 Å². The van der Waals surface area contributed by atoms with Gasteiger partial charge in [-0.1, -0.05) is 31.9 Å². The molecule has 1 fully saturated rings. The summed E-state index contributed by atoms with van der Waals surface area (Å²) < 4.78 is 15.4. The molecular weight excluding hydrogens is 385 g/mol. The first-order valence-electron chi connectivity index (χ1n) is 10.3. The van der Waals surface area contributed by atoms with Crippen molar-refractivity contribution in [3.8, 4) is 0 Å². The van der Waals surface area contributed by atoms with Crippen molar-refractivity contribution in [1.29, 1.82) is 0 Å². The number of nitrogens with one attached hydrogen (secondary N) is 1. The highest BCUT2D eigenvalue weighted by molar-refractivity contribution is 6.11. The first kappa shape index (κ1) is 21.7. The minimum atomic E-state index is -1.28. The predicted octanol–water partition coefficient (Wildman–Crippen LogP) is 4.08. The minimum Gasteiger partial charge on any atom is -0.349 e. The van der Waals surface area contributed by atoms with Gasteiger partial charge >= 0.3 is 6.03 Å². The van der Waals surface area contributed by atoms with Gasteiger partial charge < -0.3 is 9.88 Å². The smallest absolute Gasteiger partial charge is 0.325 e. The van der Waals surface area contributed by atoms with Crippen LogP contribution >= 0.6 is 0 Å². The average Bonchev–Trinajstić information content (AvgIpc) is 3.14. The molecule has 1 aliphatic rings. The lowest BCUT2D eigenvalue weighted by Gasteiger charge is -2.27. The molecule has 0 bridgehead atoms. The van der Waals surface area contributed by atoms with E-state index in [1.807, 2.05) is 32.3 Å². The molecule has 1 N–H and O–H groups in total. The first-order chi connectivity index (χ1) is 14.2. The third kappa shape index (κ3) is 3.64. The number of unbranched alkanes of at least 4 members (excludes halogenated alkanes) is 1. The third-order valence-corrected chi connectivity index (χ3v) is 5.91. The van der Waals surface area contributed by atoms with E-state index in [1.165, 1.54) is 24.3 Å². The van der Waals surface area contributed by atoms with Gasteiger partial charge in [0.25, 0.3) is 5.91 Å². The highest BCUT2D eigenvalue weighted by Crippen LogP contribution is 2.34. The van der Waals surface area contributed by atoms with Crippen LogP contribution in [0.5, 0.6) is 0 Å². The van der Waals surface area contributed by atoms with Crippen LogP contribution in [0, 0.1) is 19.7 Å². The zero-order chi connectivity index (χ0) is 22.1. The van der Waals surface area contributed by atoms with E-state index >= 15 is 0 Å². The van der Waals surface area contributed by atoms with Crippen molar-refractivity contribution in [3.63, 3.8) is 0 Å². The number of benzene rings is 1. The Morgan fingerprint density at radius 3 is 2.37 bits per heavy atom. The van der Waals surface area contributed by atoms with Gasteiger partial charge in [0.1, 0.15) is 11.4 Å². The van der Waals surface area contributed by atoms with Crippen LogP contribution in [0.15, 0.2) is 30.3 Å². The lowest BCUT2D eigenvalue weighted by atomic mass is 9.84. The molecule has 1 aliphatic heterocycles. The van der Waals surface area contributed by atoms with E-state index in [0.717, 1.165) is 29.3 Å². The molecule has 1 aromatic heterocycles. The molecule has 2 aromatic rings. The number of aryl methyl sites for hydroxylation is 1. The van der Waals surface area contributed by atoms with Crippen molar-refractivity contribution in [2.75, 3.05) is 6.54 Å². The summed E-state index contributed by atoms with van der Waals surface area (Å²) in [4.78, 5) is 40.1. The van der Waals surface area contributed by atoms with Crippen LogP contribution in [0.1, 0.15) is 60.4 Å². The summed E-state index contributed by atoms with van der Waals surface area (Å²) >= 11 is 0. The lowest BCUT2D eigenvalue weighted by Crippen LogP contribution is -2.44. The van der Waals surface area contributed by atoms with E-state index in [-0.39, 0.29) is 12.3 Å². The van der Waals surface area contributed by atoms with Gasteiger partial charge in [-0.05, 0) is 51.0 Å². The Balaban J connectivity index is 1.91. The molecule has 0 aliphatic carbocycles. The van der Waals surface area contributed by atoms with Crippen molar-refractivity contribution in [2.24, 2.45) is 0 Å². The largest absolute Gasteiger partial charge is 0.349 e. The van der Waals surface area contributed by atoms with E-state index < -0.39 is 23.3 Å². The summed E-state index contributed by atoms with van der Waals surface area (Å²) in [6.07, 6.45) is 1.91. The summed E-state index contributed by atoms with van der Waals surface area (Å²) in [5.41, 5.74) is 1.54. The number of amides is 3. The van der Waals surface area contributed by atoms with Gasteiger partial charge in [0, 0.05) is 23.5 Å². The van der Waals surface area contributed by atoms with Gasteiger partial charge in [-0.15, -0.1) is 0 Å².